The van der Waals surface area contributed by atoms with E-state index in [1.807, 2.05) is 10.8 Å². The monoisotopic (exact) mass is 420 g/mol. The second kappa shape index (κ2) is 7.39. The number of carbonyl (C=O) groups is 1. The average molecular weight is 421 g/mol. The molecular weight excluding hydrogens is 386 g/mol. The van der Waals surface area contributed by atoms with Gasteiger partial charge in [0.15, 0.2) is 5.78 Å². The Morgan fingerprint density at radius 2 is 1.93 bits per heavy atom. The van der Waals surface area contributed by atoms with Crippen LogP contribution in [0.5, 0.6) is 0 Å². The lowest BCUT2D eigenvalue weighted by atomic mass is 9.49. The molecule has 4 aliphatic rings. The van der Waals surface area contributed by atoms with Gasteiger partial charge in [0, 0.05) is 18.3 Å². The molecule has 0 aromatic carbocycles. The van der Waals surface area contributed by atoms with Crippen molar-refractivity contribution in [2.24, 2.45) is 40.9 Å². The second-order valence-corrected chi connectivity index (χ2v) is 11.0. The van der Waals surface area contributed by atoms with Crippen LogP contribution in [0.15, 0.2) is 18.7 Å². The summed E-state index contributed by atoms with van der Waals surface area (Å²) in [5.41, 5.74) is -1.70. The summed E-state index contributed by atoms with van der Waals surface area (Å²) in [5.74, 6) is 2.96. The molecular formula is C24H34F2N2O2. The number of Topliss-reactive ketones (excluding diaryl/α,β-unsaturated/α-hetero) is 1. The number of fused-ring (bicyclic) bond motifs is 5. The van der Waals surface area contributed by atoms with Gasteiger partial charge in [0.2, 0.25) is 0 Å². The van der Waals surface area contributed by atoms with Crippen molar-refractivity contribution in [3.05, 3.63) is 18.7 Å². The summed E-state index contributed by atoms with van der Waals surface area (Å²) in [7, 11) is 0. The molecule has 0 aliphatic heterocycles. The highest BCUT2D eigenvalue weighted by Crippen LogP contribution is 2.64. The predicted molar refractivity (Wildman–Crippen MR) is 109 cm³/mol. The number of hydrogen-bond donors (Lipinski definition) is 1. The van der Waals surface area contributed by atoms with E-state index in [0.717, 1.165) is 44.9 Å². The molecule has 0 radical (unpaired) electrons. The fraction of sp³-hybridized carbons (Fsp3) is 0.833. The van der Waals surface area contributed by atoms with Crippen LogP contribution in [0.4, 0.5) is 8.78 Å². The van der Waals surface area contributed by atoms with Gasteiger partial charge in [-0.25, -0.2) is 13.8 Å². The Morgan fingerprint density at radius 3 is 2.67 bits per heavy atom. The Bertz CT molecular complexity index is 784. The standard InChI is InChI=1S/C24H34F2N2O2/c1-23-8-6-17-16-7-9-24(30,22(25)26)12-15(16)2-3-18(17)19(23)4-5-20(23)21(29)13-28-11-10-27-14-28/h10-11,14-20,22,30H,2-9,12-13H2,1H3/t15-,16-,17+,18+,19-,20+,23-,24-/m0/s1. The first-order valence-electron chi connectivity index (χ1n) is 11.8. The molecule has 166 valence electrons. The summed E-state index contributed by atoms with van der Waals surface area (Å²) in [5, 5.41) is 10.4. The summed E-state index contributed by atoms with van der Waals surface area (Å²) in [4.78, 5) is 17.2. The number of hydrogen-bond acceptors (Lipinski definition) is 3. The third kappa shape index (κ3) is 3.16. The summed E-state index contributed by atoms with van der Waals surface area (Å²) in [6.07, 6.45) is 10.2. The summed E-state index contributed by atoms with van der Waals surface area (Å²) < 4.78 is 28.7. The van der Waals surface area contributed by atoms with E-state index in [0.29, 0.717) is 36.0 Å². The van der Waals surface area contributed by atoms with Gasteiger partial charge in [0.25, 0.3) is 6.43 Å². The highest BCUT2D eigenvalue weighted by Gasteiger charge is 2.59. The smallest absolute Gasteiger partial charge is 0.266 e. The van der Waals surface area contributed by atoms with E-state index in [1.54, 1.807) is 12.5 Å². The van der Waals surface area contributed by atoms with Crippen molar-refractivity contribution in [3.8, 4) is 0 Å². The number of ketones is 1. The molecule has 1 aromatic heterocycles. The molecule has 1 aromatic rings. The van der Waals surface area contributed by atoms with Crippen LogP contribution >= 0.6 is 0 Å². The van der Waals surface area contributed by atoms with Crippen LogP contribution in [-0.2, 0) is 11.3 Å². The zero-order valence-electron chi connectivity index (χ0n) is 17.9. The van der Waals surface area contributed by atoms with Crippen molar-refractivity contribution in [1.82, 2.24) is 9.55 Å². The SMILES string of the molecule is C[C@]12CC[C@H]3[C@@H](CC[C@H]4C[C@](O)(C(F)F)CC[C@@H]43)[C@@H]1CC[C@@H]2C(=O)Cn1ccnc1. The number of halogens is 2. The molecule has 4 nitrogen and oxygen atoms in total. The van der Waals surface area contributed by atoms with Crippen molar-refractivity contribution in [2.75, 3.05) is 0 Å². The third-order valence-corrected chi connectivity index (χ3v) is 9.74. The van der Waals surface area contributed by atoms with Gasteiger partial charge in [-0.1, -0.05) is 6.92 Å². The number of aliphatic hydroxyl groups is 1. The van der Waals surface area contributed by atoms with Crippen molar-refractivity contribution in [2.45, 2.75) is 83.3 Å². The predicted octanol–water partition coefficient (Wildman–Crippen LogP) is 4.72. The topological polar surface area (TPSA) is 55.1 Å². The first-order chi connectivity index (χ1) is 14.3. The molecule has 4 aliphatic carbocycles. The number of rotatable bonds is 4. The maximum absolute atomic E-state index is 13.4. The van der Waals surface area contributed by atoms with E-state index in [4.69, 9.17) is 0 Å². The molecule has 4 saturated carbocycles. The van der Waals surface area contributed by atoms with Crippen molar-refractivity contribution in [1.29, 1.82) is 0 Å². The number of imidazole rings is 1. The van der Waals surface area contributed by atoms with Crippen LogP contribution in [0.1, 0.15) is 64.7 Å². The van der Waals surface area contributed by atoms with Crippen LogP contribution in [0.2, 0.25) is 0 Å². The van der Waals surface area contributed by atoms with E-state index in [-0.39, 0.29) is 30.1 Å². The molecule has 0 spiro atoms. The minimum absolute atomic E-state index is 0.0735. The molecule has 4 fully saturated rings. The minimum atomic E-state index is -2.64. The van der Waals surface area contributed by atoms with Gasteiger partial charge >= 0.3 is 0 Å². The first-order valence-corrected chi connectivity index (χ1v) is 11.8. The Balaban J connectivity index is 1.30. The Labute approximate surface area is 177 Å². The Kier molecular flexibility index (Phi) is 5.07. The van der Waals surface area contributed by atoms with E-state index in [1.165, 1.54) is 0 Å². The van der Waals surface area contributed by atoms with Gasteiger partial charge < -0.3 is 9.67 Å². The van der Waals surface area contributed by atoms with Crippen LogP contribution < -0.4 is 0 Å². The van der Waals surface area contributed by atoms with Crippen molar-refractivity contribution < 1.29 is 18.7 Å². The lowest BCUT2D eigenvalue weighted by Crippen LogP contribution is -2.53. The zero-order valence-corrected chi connectivity index (χ0v) is 17.9. The molecule has 8 atom stereocenters. The van der Waals surface area contributed by atoms with Crippen LogP contribution in [0, 0.1) is 40.9 Å². The summed E-state index contributed by atoms with van der Waals surface area (Å²) >= 11 is 0. The van der Waals surface area contributed by atoms with Crippen molar-refractivity contribution in [3.63, 3.8) is 0 Å². The van der Waals surface area contributed by atoms with Gasteiger partial charge in [0.1, 0.15) is 5.60 Å². The number of carbonyl (C=O) groups excluding carboxylic acids is 1. The number of nitrogens with zero attached hydrogens (tertiary/aromatic N) is 2. The average Bonchev–Trinajstić information content (AvgIpc) is 3.34. The summed E-state index contributed by atoms with van der Waals surface area (Å²) in [6.45, 7) is 2.76. The second-order valence-electron chi connectivity index (χ2n) is 11.0. The molecule has 0 saturated heterocycles. The lowest BCUT2D eigenvalue weighted by Gasteiger charge is -2.57. The van der Waals surface area contributed by atoms with E-state index >= 15 is 0 Å². The molecule has 1 heterocycles. The number of alkyl halides is 2. The highest BCUT2D eigenvalue weighted by molar-refractivity contribution is 5.82. The lowest BCUT2D eigenvalue weighted by molar-refractivity contribution is -0.160. The molecule has 30 heavy (non-hydrogen) atoms. The van der Waals surface area contributed by atoms with E-state index in [9.17, 15) is 18.7 Å². The molecule has 6 heteroatoms. The fourth-order valence-corrected chi connectivity index (χ4v) is 8.31. The molecule has 0 amide bonds. The van der Waals surface area contributed by atoms with Gasteiger partial charge in [0.05, 0.1) is 12.9 Å². The van der Waals surface area contributed by atoms with Gasteiger partial charge in [-0.15, -0.1) is 0 Å². The normalized spacial score (nSPS) is 45.6. The Morgan fingerprint density at radius 1 is 1.13 bits per heavy atom. The molecule has 0 unspecified atom stereocenters. The Hall–Kier alpha value is -1.30. The van der Waals surface area contributed by atoms with Gasteiger partial charge in [-0.3, -0.25) is 4.79 Å². The van der Waals surface area contributed by atoms with Crippen LogP contribution in [-0.4, -0.2) is 32.5 Å². The maximum atomic E-state index is 13.4. The molecule has 1 N–H and O–H groups in total. The maximum Gasteiger partial charge on any atom is 0.266 e. The molecule has 0 bridgehead atoms. The van der Waals surface area contributed by atoms with Gasteiger partial charge in [-0.2, -0.15) is 0 Å². The zero-order chi connectivity index (χ0) is 21.1. The number of aromatic nitrogens is 2. The first kappa shape index (κ1) is 20.6. The van der Waals surface area contributed by atoms with E-state index in [2.05, 4.69) is 11.9 Å². The quantitative estimate of drug-likeness (QED) is 0.767. The third-order valence-electron chi connectivity index (χ3n) is 9.74. The van der Waals surface area contributed by atoms with Gasteiger partial charge in [-0.05, 0) is 92.8 Å². The minimum Gasteiger partial charge on any atom is -0.384 e. The van der Waals surface area contributed by atoms with Crippen molar-refractivity contribution >= 4 is 5.78 Å². The molecule has 5 rings (SSSR count). The highest BCUT2D eigenvalue weighted by atomic mass is 19.3. The fourth-order valence-electron chi connectivity index (χ4n) is 8.31. The summed E-state index contributed by atoms with van der Waals surface area (Å²) in [6, 6.07) is 0. The van der Waals surface area contributed by atoms with Crippen LogP contribution in [0.25, 0.3) is 0 Å². The van der Waals surface area contributed by atoms with Crippen LogP contribution in [0.3, 0.4) is 0 Å². The largest absolute Gasteiger partial charge is 0.384 e. The van der Waals surface area contributed by atoms with E-state index < -0.39 is 12.0 Å².